The summed E-state index contributed by atoms with van der Waals surface area (Å²) in [7, 11) is 2.95. The third-order valence-electron chi connectivity index (χ3n) is 6.79. The largest absolute Gasteiger partial charge is 0.496 e. The van der Waals surface area contributed by atoms with Gasteiger partial charge in [-0.3, -0.25) is 15.0 Å². The molecule has 0 spiro atoms. The summed E-state index contributed by atoms with van der Waals surface area (Å²) in [6.07, 6.45) is 3.95. The van der Waals surface area contributed by atoms with E-state index in [1.807, 2.05) is 84.9 Å². The summed E-state index contributed by atoms with van der Waals surface area (Å²) in [5, 5.41) is 10.8. The maximum absolute atomic E-state index is 13.5. The first kappa shape index (κ1) is 28.8. The molecule has 7 heteroatoms. The molecule has 0 heterocycles. The Morgan fingerprint density at radius 2 is 1.59 bits per heavy atom. The van der Waals surface area contributed by atoms with Crippen molar-refractivity contribution in [3.05, 3.63) is 131 Å². The van der Waals surface area contributed by atoms with Gasteiger partial charge in [-0.1, -0.05) is 91.0 Å². The molecule has 0 unspecified atom stereocenters. The minimum absolute atomic E-state index is 0.0631. The third-order valence-corrected chi connectivity index (χ3v) is 6.79. The highest BCUT2D eigenvalue weighted by atomic mass is 16.5. The number of nitrogen functional groups attached to an aromatic ring is 1. The van der Waals surface area contributed by atoms with Crippen LogP contribution >= 0.6 is 0 Å². The van der Waals surface area contributed by atoms with Gasteiger partial charge in [0, 0.05) is 16.7 Å². The molecule has 0 aliphatic carbocycles. The number of amidine groups is 1. The molecule has 4 N–H and O–H groups in total. The summed E-state index contributed by atoms with van der Waals surface area (Å²) in [4.78, 5) is 26.6. The van der Waals surface area contributed by atoms with Crippen LogP contribution in [0.2, 0.25) is 0 Å². The summed E-state index contributed by atoms with van der Waals surface area (Å²) >= 11 is 0. The van der Waals surface area contributed by atoms with Crippen LogP contribution in [0.5, 0.6) is 5.75 Å². The number of carbonyl (C=O) groups is 2. The zero-order valence-electron chi connectivity index (χ0n) is 23.0. The van der Waals surface area contributed by atoms with E-state index >= 15 is 0 Å². The molecular formula is C34H33N3O4. The van der Waals surface area contributed by atoms with Crippen LogP contribution in [-0.2, 0) is 16.0 Å². The molecule has 41 heavy (non-hydrogen) atoms. The summed E-state index contributed by atoms with van der Waals surface area (Å²) < 4.78 is 10.6. The van der Waals surface area contributed by atoms with E-state index in [0.717, 1.165) is 28.0 Å². The molecule has 0 saturated carbocycles. The van der Waals surface area contributed by atoms with Crippen molar-refractivity contribution in [1.82, 2.24) is 5.32 Å². The van der Waals surface area contributed by atoms with E-state index in [-0.39, 0.29) is 18.2 Å². The molecule has 4 aromatic rings. The summed E-state index contributed by atoms with van der Waals surface area (Å²) in [5.74, 6) is -0.852. The Hall–Kier alpha value is -5.17. The van der Waals surface area contributed by atoms with Crippen molar-refractivity contribution >= 4 is 23.8 Å². The number of carbonyl (C=O) groups excluding carboxylic acids is 2. The maximum Gasteiger partial charge on any atom is 0.311 e. The molecule has 4 rings (SSSR count). The fourth-order valence-corrected chi connectivity index (χ4v) is 4.61. The molecule has 0 aliphatic heterocycles. The lowest BCUT2D eigenvalue weighted by Gasteiger charge is -2.24. The molecule has 4 aromatic carbocycles. The quantitative estimate of drug-likeness (QED) is 0.131. The fraction of sp³-hybridized carbons (Fsp3) is 0.147. The first-order chi connectivity index (χ1) is 19.9. The van der Waals surface area contributed by atoms with Gasteiger partial charge < -0.3 is 20.5 Å². The zero-order chi connectivity index (χ0) is 29.2. The molecule has 2 atom stereocenters. The van der Waals surface area contributed by atoms with Gasteiger partial charge >= 0.3 is 5.97 Å². The van der Waals surface area contributed by atoms with Crippen LogP contribution < -0.4 is 15.8 Å². The lowest BCUT2D eigenvalue weighted by Crippen LogP contribution is -2.43. The summed E-state index contributed by atoms with van der Waals surface area (Å²) in [6.45, 7) is 0. The standard InChI is InChI=1S/C34H33N3O4/c1-40-31-14-7-6-13-28(31)25-16-18-26(19-17-25)33(38)37-30(20-15-23-9-4-3-5-10-23)29(34(39)41-2)22-24-11-8-12-27(21-24)32(35)36/h3-21,29-30H,22H2,1-2H3,(H3,35,36)(H,37,38)/b20-15+/t29-,30-/m1/s1. The highest BCUT2D eigenvalue weighted by Gasteiger charge is 2.30. The minimum Gasteiger partial charge on any atom is -0.496 e. The lowest BCUT2D eigenvalue weighted by atomic mass is 9.90. The number of para-hydroxylation sites is 1. The predicted molar refractivity (Wildman–Crippen MR) is 162 cm³/mol. The molecule has 1 amide bonds. The van der Waals surface area contributed by atoms with E-state index in [9.17, 15) is 9.59 Å². The molecule has 0 fully saturated rings. The van der Waals surface area contributed by atoms with Crippen molar-refractivity contribution in [2.24, 2.45) is 11.7 Å². The zero-order valence-corrected chi connectivity index (χ0v) is 23.0. The molecule has 0 bridgehead atoms. The van der Waals surface area contributed by atoms with Crippen LogP contribution in [-0.4, -0.2) is 38.0 Å². The average molecular weight is 548 g/mol. The smallest absolute Gasteiger partial charge is 0.311 e. The number of rotatable bonds is 11. The van der Waals surface area contributed by atoms with Crippen LogP contribution in [0.1, 0.15) is 27.0 Å². The second-order valence-corrected chi connectivity index (χ2v) is 9.49. The van der Waals surface area contributed by atoms with Gasteiger partial charge in [0.1, 0.15) is 11.6 Å². The molecule has 0 radical (unpaired) electrons. The number of ether oxygens (including phenoxy) is 2. The average Bonchev–Trinajstić information content (AvgIpc) is 3.02. The van der Waals surface area contributed by atoms with E-state index in [0.29, 0.717) is 11.1 Å². The van der Waals surface area contributed by atoms with Crippen molar-refractivity contribution in [2.45, 2.75) is 12.5 Å². The van der Waals surface area contributed by atoms with Gasteiger partial charge in [-0.05, 0) is 47.4 Å². The number of hydrogen-bond acceptors (Lipinski definition) is 5. The number of nitrogens with one attached hydrogen (secondary N) is 2. The van der Waals surface area contributed by atoms with Gasteiger partial charge in [-0.2, -0.15) is 0 Å². The molecule has 208 valence electrons. The fourth-order valence-electron chi connectivity index (χ4n) is 4.61. The van der Waals surface area contributed by atoms with E-state index in [2.05, 4.69) is 5.32 Å². The number of methoxy groups -OCH3 is 2. The number of esters is 1. The van der Waals surface area contributed by atoms with Crippen molar-refractivity contribution in [3.63, 3.8) is 0 Å². The SMILES string of the molecule is COC(=O)[C@H](Cc1cccc(C(=N)N)c1)[C@@H](/C=C/c1ccccc1)NC(=O)c1ccc(-c2ccccc2OC)cc1. The number of amides is 1. The lowest BCUT2D eigenvalue weighted by molar-refractivity contribution is -0.145. The molecule has 7 nitrogen and oxygen atoms in total. The van der Waals surface area contributed by atoms with Crippen LogP contribution in [0.3, 0.4) is 0 Å². The highest BCUT2D eigenvalue weighted by Crippen LogP contribution is 2.29. The van der Waals surface area contributed by atoms with Crippen LogP contribution in [0, 0.1) is 11.3 Å². The first-order valence-corrected chi connectivity index (χ1v) is 13.2. The Morgan fingerprint density at radius 1 is 0.878 bits per heavy atom. The normalized spacial score (nSPS) is 12.3. The molecule has 0 saturated heterocycles. The maximum atomic E-state index is 13.5. The van der Waals surface area contributed by atoms with Gasteiger partial charge in [-0.25, -0.2) is 0 Å². The third kappa shape index (κ3) is 7.48. The Labute approximate surface area is 240 Å². The van der Waals surface area contributed by atoms with Gasteiger partial charge in [0.05, 0.1) is 26.2 Å². The van der Waals surface area contributed by atoms with Crippen molar-refractivity contribution in [2.75, 3.05) is 14.2 Å². The van der Waals surface area contributed by atoms with E-state index in [4.69, 9.17) is 20.6 Å². The van der Waals surface area contributed by atoms with Crippen LogP contribution in [0.4, 0.5) is 0 Å². The van der Waals surface area contributed by atoms with Crippen molar-refractivity contribution in [1.29, 1.82) is 5.41 Å². The molecule has 0 aromatic heterocycles. The second kappa shape index (κ2) is 13.8. The van der Waals surface area contributed by atoms with Gasteiger partial charge in [-0.15, -0.1) is 0 Å². The molecule has 0 aliphatic rings. The van der Waals surface area contributed by atoms with Crippen LogP contribution in [0.25, 0.3) is 17.2 Å². The summed E-state index contributed by atoms with van der Waals surface area (Å²) in [6, 6.07) is 31.0. The van der Waals surface area contributed by atoms with Crippen LogP contribution in [0.15, 0.2) is 109 Å². The van der Waals surface area contributed by atoms with Gasteiger partial charge in [0.15, 0.2) is 0 Å². The Morgan fingerprint density at radius 3 is 2.27 bits per heavy atom. The number of benzene rings is 4. The highest BCUT2D eigenvalue weighted by molar-refractivity contribution is 5.96. The second-order valence-electron chi connectivity index (χ2n) is 9.49. The Balaban J connectivity index is 1.64. The topological polar surface area (TPSA) is 115 Å². The number of hydrogen-bond donors (Lipinski definition) is 3. The predicted octanol–water partition coefficient (Wildman–Crippen LogP) is 5.49. The number of nitrogens with two attached hydrogens (primary N) is 1. The monoisotopic (exact) mass is 547 g/mol. The van der Waals surface area contributed by atoms with Gasteiger partial charge in [0.2, 0.25) is 0 Å². The van der Waals surface area contributed by atoms with E-state index in [1.165, 1.54) is 7.11 Å². The van der Waals surface area contributed by atoms with Crippen molar-refractivity contribution < 1.29 is 19.1 Å². The molecular weight excluding hydrogens is 514 g/mol. The van der Waals surface area contributed by atoms with E-state index in [1.54, 1.807) is 37.4 Å². The Bertz CT molecular complexity index is 1530. The first-order valence-electron chi connectivity index (χ1n) is 13.2. The minimum atomic E-state index is -0.737. The van der Waals surface area contributed by atoms with Gasteiger partial charge in [0.25, 0.3) is 5.91 Å². The Kier molecular flexibility index (Phi) is 9.67. The summed E-state index contributed by atoms with van der Waals surface area (Å²) in [5.41, 5.74) is 10.2. The van der Waals surface area contributed by atoms with E-state index < -0.39 is 17.9 Å². The van der Waals surface area contributed by atoms with Crippen molar-refractivity contribution in [3.8, 4) is 16.9 Å².